The predicted octanol–water partition coefficient (Wildman–Crippen LogP) is 5.26. The maximum Gasteiger partial charge on any atom is 0.294 e. The van der Waals surface area contributed by atoms with Crippen LogP contribution in [0.25, 0.3) is 6.08 Å². The molecule has 1 saturated heterocycles. The number of thioether (sulfide) groups is 2. The minimum atomic E-state index is -0.485. The Morgan fingerprint density at radius 1 is 1.23 bits per heavy atom. The standard InChI is InChI=1S/C23H24N2O4S2/c1-4-15(2)29-19-11-6-5-8-16(19)12-20-22(27)25(23(28)31-20)14-21(26)24-17-9-7-10-18(13-17)30-3/h5-13,15H,4,14H2,1-3H3,(H,24,26)/b20-12+/t15-/m0/s1. The maximum atomic E-state index is 12.8. The van der Waals surface area contributed by atoms with Gasteiger partial charge in [-0.25, -0.2) is 0 Å². The predicted molar refractivity (Wildman–Crippen MR) is 126 cm³/mol. The second-order valence-electron chi connectivity index (χ2n) is 6.92. The van der Waals surface area contributed by atoms with Crippen molar-refractivity contribution in [2.24, 2.45) is 0 Å². The lowest BCUT2D eigenvalue weighted by Crippen LogP contribution is -2.36. The zero-order valence-corrected chi connectivity index (χ0v) is 19.2. The van der Waals surface area contributed by atoms with E-state index in [9.17, 15) is 14.4 Å². The third kappa shape index (κ3) is 5.92. The Morgan fingerprint density at radius 3 is 2.74 bits per heavy atom. The van der Waals surface area contributed by atoms with Gasteiger partial charge in [-0.3, -0.25) is 19.3 Å². The summed E-state index contributed by atoms with van der Waals surface area (Å²) in [5.74, 6) is -0.265. The van der Waals surface area contributed by atoms with Crippen LogP contribution in [0.5, 0.6) is 5.75 Å². The molecule has 0 aliphatic carbocycles. The first-order valence-electron chi connectivity index (χ1n) is 9.86. The fourth-order valence-electron chi connectivity index (χ4n) is 2.83. The summed E-state index contributed by atoms with van der Waals surface area (Å²) in [6, 6.07) is 14.7. The van der Waals surface area contributed by atoms with Gasteiger partial charge in [0.2, 0.25) is 5.91 Å². The lowest BCUT2D eigenvalue weighted by Gasteiger charge is -2.15. The maximum absolute atomic E-state index is 12.8. The first kappa shape index (κ1) is 23.0. The summed E-state index contributed by atoms with van der Waals surface area (Å²) in [4.78, 5) is 39.8. The lowest BCUT2D eigenvalue weighted by molar-refractivity contribution is -0.127. The van der Waals surface area contributed by atoms with E-state index in [1.807, 2.05) is 62.6 Å². The van der Waals surface area contributed by atoms with Gasteiger partial charge in [-0.15, -0.1) is 11.8 Å². The number of hydrogen-bond acceptors (Lipinski definition) is 6. The zero-order chi connectivity index (χ0) is 22.4. The topological polar surface area (TPSA) is 75.7 Å². The summed E-state index contributed by atoms with van der Waals surface area (Å²) >= 11 is 2.38. The fraction of sp³-hybridized carbons (Fsp3) is 0.261. The highest BCUT2D eigenvalue weighted by atomic mass is 32.2. The van der Waals surface area contributed by atoms with Crippen LogP contribution >= 0.6 is 23.5 Å². The molecule has 0 saturated carbocycles. The van der Waals surface area contributed by atoms with E-state index < -0.39 is 17.1 Å². The summed E-state index contributed by atoms with van der Waals surface area (Å²) in [6.07, 6.45) is 4.46. The number of amides is 3. The minimum absolute atomic E-state index is 0.0259. The van der Waals surface area contributed by atoms with Gasteiger partial charge in [-0.2, -0.15) is 0 Å². The van der Waals surface area contributed by atoms with E-state index in [0.29, 0.717) is 17.0 Å². The van der Waals surface area contributed by atoms with Crippen molar-refractivity contribution in [2.75, 3.05) is 18.1 Å². The molecule has 3 rings (SSSR count). The van der Waals surface area contributed by atoms with E-state index in [4.69, 9.17) is 4.74 Å². The number of anilines is 1. The van der Waals surface area contributed by atoms with Crippen LogP contribution in [0.1, 0.15) is 25.8 Å². The van der Waals surface area contributed by atoms with Gasteiger partial charge in [-0.05, 0) is 61.7 Å². The third-order valence-electron chi connectivity index (χ3n) is 4.64. The largest absolute Gasteiger partial charge is 0.490 e. The quantitative estimate of drug-likeness (QED) is 0.431. The summed E-state index contributed by atoms with van der Waals surface area (Å²) in [5, 5.41) is 2.27. The van der Waals surface area contributed by atoms with Crippen molar-refractivity contribution in [3.05, 3.63) is 59.0 Å². The molecular weight excluding hydrogens is 432 g/mol. The summed E-state index contributed by atoms with van der Waals surface area (Å²) in [7, 11) is 0. The average Bonchev–Trinajstić information content (AvgIpc) is 3.02. The molecule has 162 valence electrons. The number of imide groups is 1. The molecule has 1 N–H and O–H groups in total. The molecule has 31 heavy (non-hydrogen) atoms. The number of para-hydroxylation sites is 1. The Bertz CT molecular complexity index is 1020. The van der Waals surface area contributed by atoms with Crippen LogP contribution in [-0.2, 0) is 9.59 Å². The number of carbonyl (C=O) groups is 3. The van der Waals surface area contributed by atoms with Crippen LogP contribution in [-0.4, -0.2) is 40.9 Å². The highest BCUT2D eigenvalue weighted by molar-refractivity contribution is 8.18. The third-order valence-corrected chi connectivity index (χ3v) is 6.27. The van der Waals surface area contributed by atoms with Crippen LogP contribution in [0.4, 0.5) is 10.5 Å². The van der Waals surface area contributed by atoms with E-state index in [-0.39, 0.29) is 17.6 Å². The van der Waals surface area contributed by atoms with E-state index >= 15 is 0 Å². The molecule has 3 amide bonds. The molecule has 1 aliphatic rings. The molecule has 1 atom stereocenters. The van der Waals surface area contributed by atoms with Gasteiger partial charge >= 0.3 is 0 Å². The molecule has 2 aromatic rings. The van der Waals surface area contributed by atoms with E-state index in [0.717, 1.165) is 28.0 Å². The van der Waals surface area contributed by atoms with Crippen LogP contribution in [0, 0.1) is 0 Å². The van der Waals surface area contributed by atoms with Crippen LogP contribution < -0.4 is 10.1 Å². The summed E-state index contributed by atoms with van der Waals surface area (Å²) in [6.45, 7) is 3.66. The first-order valence-corrected chi connectivity index (χ1v) is 11.9. The highest BCUT2D eigenvalue weighted by Crippen LogP contribution is 2.34. The van der Waals surface area contributed by atoms with E-state index in [2.05, 4.69) is 5.32 Å². The highest BCUT2D eigenvalue weighted by Gasteiger charge is 2.36. The van der Waals surface area contributed by atoms with Crippen molar-refractivity contribution in [1.29, 1.82) is 0 Å². The minimum Gasteiger partial charge on any atom is -0.490 e. The number of ether oxygens (including phenoxy) is 1. The van der Waals surface area contributed by atoms with E-state index in [1.165, 1.54) is 0 Å². The molecule has 1 fully saturated rings. The number of benzene rings is 2. The molecule has 1 heterocycles. The lowest BCUT2D eigenvalue weighted by atomic mass is 10.1. The summed E-state index contributed by atoms with van der Waals surface area (Å²) < 4.78 is 5.91. The normalized spacial score (nSPS) is 16.0. The van der Waals surface area contributed by atoms with Crippen molar-refractivity contribution in [3.8, 4) is 5.75 Å². The molecule has 0 bridgehead atoms. The van der Waals surface area contributed by atoms with Crippen LogP contribution in [0.2, 0.25) is 0 Å². The number of hydrogen-bond donors (Lipinski definition) is 1. The van der Waals surface area contributed by atoms with Crippen molar-refractivity contribution in [2.45, 2.75) is 31.3 Å². The molecule has 0 unspecified atom stereocenters. The Hall–Kier alpha value is -2.71. The van der Waals surface area contributed by atoms with Crippen molar-refractivity contribution >= 4 is 52.3 Å². The number of nitrogens with zero attached hydrogens (tertiary/aromatic N) is 1. The number of rotatable bonds is 8. The Kier molecular flexibility index (Phi) is 7.81. The molecule has 2 aromatic carbocycles. The Balaban J connectivity index is 1.71. The monoisotopic (exact) mass is 456 g/mol. The molecule has 0 aromatic heterocycles. The van der Waals surface area contributed by atoms with Gasteiger partial charge in [0.05, 0.1) is 11.0 Å². The first-order chi connectivity index (χ1) is 14.9. The van der Waals surface area contributed by atoms with Gasteiger partial charge < -0.3 is 10.1 Å². The van der Waals surface area contributed by atoms with Gasteiger partial charge in [0, 0.05) is 16.1 Å². The van der Waals surface area contributed by atoms with Crippen molar-refractivity contribution in [1.82, 2.24) is 4.90 Å². The molecular formula is C23H24N2O4S2. The second kappa shape index (κ2) is 10.5. The zero-order valence-electron chi connectivity index (χ0n) is 17.6. The average molecular weight is 457 g/mol. The van der Waals surface area contributed by atoms with Crippen LogP contribution in [0.3, 0.4) is 0 Å². The molecule has 0 radical (unpaired) electrons. The Labute approximate surface area is 190 Å². The van der Waals surface area contributed by atoms with Gasteiger partial charge in [0.25, 0.3) is 11.1 Å². The Morgan fingerprint density at radius 2 is 2.00 bits per heavy atom. The molecule has 1 aliphatic heterocycles. The van der Waals surface area contributed by atoms with E-state index in [1.54, 1.807) is 23.9 Å². The van der Waals surface area contributed by atoms with Crippen LogP contribution in [0.15, 0.2) is 58.3 Å². The molecule has 8 heteroatoms. The van der Waals surface area contributed by atoms with Gasteiger partial charge in [0.15, 0.2) is 0 Å². The summed E-state index contributed by atoms with van der Waals surface area (Å²) in [5.41, 5.74) is 1.34. The molecule has 0 spiro atoms. The number of nitrogens with one attached hydrogen (secondary N) is 1. The fourth-order valence-corrected chi connectivity index (χ4v) is 4.12. The van der Waals surface area contributed by atoms with Gasteiger partial charge in [0.1, 0.15) is 12.3 Å². The molecule has 6 nitrogen and oxygen atoms in total. The van der Waals surface area contributed by atoms with Crippen molar-refractivity contribution in [3.63, 3.8) is 0 Å². The SMILES string of the molecule is CC[C@H](C)Oc1ccccc1/C=C1/SC(=O)N(CC(=O)Nc2cccc(SC)c2)C1=O. The van der Waals surface area contributed by atoms with Crippen molar-refractivity contribution < 1.29 is 19.1 Å². The number of carbonyl (C=O) groups excluding carboxylic acids is 3. The smallest absolute Gasteiger partial charge is 0.294 e. The second-order valence-corrected chi connectivity index (χ2v) is 8.80. The van der Waals surface area contributed by atoms with Gasteiger partial charge in [-0.1, -0.05) is 31.2 Å².